The predicted octanol–water partition coefficient (Wildman–Crippen LogP) is 2.73. The predicted molar refractivity (Wildman–Crippen MR) is 87.8 cm³/mol. The Bertz CT molecular complexity index is 544. The van der Waals surface area contributed by atoms with Crippen LogP contribution in [0.25, 0.3) is 6.08 Å². The molecule has 1 amide bonds. The lowest BCUT2D eigenvalue weighted by molar-refractivity contribution is -0.116. The standard InChI is InChI=1S/C18H24N2O2/c1-14(2)10-17(8-9-21)13-20-18(22)7-6-15-4-3-5-16(11-15)12-19/h3-7,11,14,17,21H,8-10,13H2,1-2H3,(H,20,22)/b7-6+. The van der Waals surface area contributed by atoms with Crippen molar-refractivity contribution < 1.29 is 9.90 Å². The number of rotatable bonds is 8. The van der Waals surface area contributed by atoms with Gasteiger partial charge in [0.1, 0.15) is 0 Å². The summed E-state index contributed by atoms with van der Waals surface area (Å²) in [5, 5.41) is 20.8. The number of hydrogen-bond donors (Lipinski definition) is 2. The fraction of sp³-hybridized carbons (Fsp3) is 0.444. The number of aliphatic hydroxyl groups is 1. The van der Waals surface area contributed by atoms with E-state index in [9.17, 15) is 4.79 Å². The summed E-state index contributed by atoms with van der Waals surface area (Å²) in [4.78, 5) is 11.8. The first-order valence-electron chi connectivity index (χ1n) is 7.62. The second-order valence-electron chi connectivity index (χ2n) is 5.82. The second-order valence-corrected chi connectivity index (χ2v) is 5.82. The molecule has 4 nitrogen and oxygen atoms in total. The number of nitrogens with one attached hydrogen (secondary N) is 1. The van der Waals surface area contributed by atoms with Gasteiger partial charge in [0.15, 0.2) is 0 Å². The van der Waals surface area contributed by atoms with Gasteiger partial charge in [-0.3, -0.25) is 4.79 Å². The van der Waals surface area contributed by atoms with E-state index in [2.05, 4.69) is 25.2 Å². The van der Waals surface area contributed by atoms with Crippen molar-refractivity contribution in [3.05, 3.63) is 41.5 Å². The maximum atomic E-state index is 11.8. The molecular formula is C18H24N2O2. The number of aliphatic hydroxyl groups excluding tert-OH is 1. The van der Waals surface area contributed by atoms with Crippen LogP contribution in [0.3, 0.4) is 0 Å². The lowest BCUT2D eigenvalue weighted by atomic mass is 9.94. The van der Waals surface area contributed by atoms with Crippen LogP contribution in [0, 0.1) is 23.2 Å². The van der Waals surface area contributed by atoms with Gasteiger partial charge in [0.2, 0.25) is 5.91 Å². The number of amides is 1. The molecule has 1 rings (SSSR count). The molecule has 0 saturated heterocycles. The summed E-state index contributed by atoms with van der Waals surface area (Å²) in [7, 11) is 0. The van der Waals surface area contributed by atoms with Gasteiger partial charge in [-0.1, -0.05) is 26.0 Å². The van der Waals surface area contributed by atoms with Crippen molar-refractivity contribution in [2.45, 2.75) is 26.7 Å². The molecule has 0 radical (unpaired) electrons. The first kappa shape index (κ1) is 17.9. The lowest BCUT2D eigenvalue weighted by Crippen LogP contribution is -2.29. The third-order valence-corrected chi connectivity index (χ3v) is 3.35. The number of carbonyl (C=O) groups excluding carboxylic acids is 1. The molecule has 0 aliphatic heterocycles. The quantitative estimate of drug-likeness (QED) is 0.725. The van der Waals surface area contributed by atoms with Gasteiger partial charge in [0, 0.05) is 19.2 Å². The van der Waals surface area contributed by atoms with Gasteiger partial charge in [0.05, 0.1) is 11.6 Å². The molecule has 1 unspecified atom stereocenters. The number of carbonyl (C=O) groups is 1. The number of hydrogen-bond acceptors (Lipinski definition) is 3. The summed E-state index contributed by atoms with van der Waals surface area (Å²) in [6, 6.07) is 9.16. The number of nitriles is 1. The molecule has 0 heterocycles. The highest BCUT2D eigenvalue weighted by Crippen LogP contribution is 2.14. The van der Waals surface area contributed by atoms with Crippen molar-refractivity contribution >= 4 is 12.0 Å². The Labute approximate surface area is 132 Å². The van der Waals surface area contributed by atoms with Crippen LogP contribution < -0.4 is 5.32 Å². The lowest BCUT2D eigenvalue weighted by Gasteiger charge is -2.18. The molecule has 22 heavy (non-hydrogen) atoms. The normalized spacial score (nSPS) is 12.3. The molecule has 1 aromatic carbocycles. The summed E-state index contributed by atoms with van der Waals surface area (Å²) < 4.78 is 0. The van der Waals surface area contributed by atoms with Crippen LogP contribution in [-0.2, 0) is 4.79 Å². The van der Waals surface area contributed by atoms with Crippen LogP contribution in [0.4, 0.5) is 0 Å². The molecular weight excluding hydrogens is 276 g/mol. The minimum absolute atomic E-state index is 0.143. The first-order valence-corrected chi connectivity index (χ1v) is 7.62. The third-order valence-electron chi connectivity index (χ3n) is 3.35. The zero-order chi connectivity index (χ0) is 16.4. The van der Waals surface area contributed by atoms with E-state index in [1.807, 2.05) is 6.07 Å². The Balaban J connectivity index is 2.50. The highest BCUT2D eigenvalue weighted by molar-refractivity contribution is 5.91. The Hall–Kier alpha value is -2.12. The molecule has 0 aliphatic rings. The third kappa shape index (κ3) is 7.05. The molecule has 0 aromatic heterocycles. The average molecular weight is 300 g/mol. The summed E-state index contributed by atoms with van der Waals surface area (Å²) in [6.45, 7) is 4.98. The van der Waals surface area contributed by atoms with Crippen LogP contribution in [0.15, 0.2) is 30.3 Å². The van der Waals surface area contributed by atoms with Gasteiger partial charge < -0.3 is 10.4 Å². The van der Waals surface area contributed by atoms with Gasteiger partial charge in [-0.15, -0.1) is 0 Å². The van der Waals surface area contributed by atoms with Crippen LogP contribution in [0.5, 0.6) is 0 Å². The topological polar surface area (TPSA) is 73.1 Å². The van der Waals surface area contributed by atoms with Crippen molar-refractivity contribution in [2.24, 2.45) is 11.8 Å². The zero-order valence-electron chi connectivity index (χ0n) is 13.2. The fourth-order valence-electron chi connectivity index (χ4n) is 2.34. The van der Waals surface area contributed by atoms with Crippen molar-refractivity contribution in [1.29, 1.82) is 5.26 Å². The Morgan fingerprint density at radius 2 is 2.23 bits per heavy atom. The Morgan fingerprint density at radius 1 is 1.45 bits per heavy atom. The molecule has 2 N–H and O–H groups in total. The van der Waals surface area contributed by atoms with E-state index < -0.39 is 0 Å². The van der Waals surface area contributed by atoms with E-state index in [0.29, 0.717) is 30.4 Å². The Morgan fingerprint density at radius 3 is 2.86 bits per heavy atom. The van der Waals surface area contributed by atoms with Crippen molar-refractivity contribution in [3.63, 3.8) is 0 Å². The zero-order valence-corrected chi connectivity index (χ0v) is 13.2. The van der Waals surface area contributed by atoms with Crippen LogP contribution in [-0.4, -0.2) is 24.2 Å². The van der Waals surface area contributed by atoms with E-state index in [0.717, 1.165) is 12.0 Å². The second kappa shape index (κ2) is 9.75. The number of nitrogens with zero attached hydrogens (tertiary/aromatic N) is 1. The molecule has 0 aliphatic carbocycles. The molecule has 0 bridgehead atoms. The maximum Gasteiger partial charge on any atom is 0.244 e. The smallest absolute Gasteiger partial charge is 0.244 e. The summed E-state index contributed by atoms with van der Waals surface area (Å²) in [6.07, 6.45) is 4.85. The van der Waals surface area contributed by atoms with Crippen molar-refractivity contribution in [1.82, 2.24) is 5.32 Å². The first-order chi connectivity index (χ1) is 10.5. The van der Waals surface area contributed by atoms with E-state index in [-0.39, 0.29) is 12.5 Å². The van der Waals surface area contributed by atoms with E-state index in [4.69, 9.17) is 10.4 Å². The summed E-state index contributed by atoms with van der Waals surface area (Å²) >= 11 is 0. The van der Waals surface area contributed by atoms with Gasteiger partial charge in [-0.05, 0) is 48.4 Å². The minimum atomic E-state index is -0.158. The molecule has 0 fully saturated rings. The minimum Gasteiger partial charge on any atom is -0.396 e. The van der Waals surface area contributed by atoms with E-state index in [1.165, 1.54) is 6.08 Å². The monoisotopic (exact) mass is 300 g/mol. The van der Waals surface area contributed by atoms with Crippen molar-refractivity contribution in [2.75, 3.05) is 13.2 Å². The average Bonchev–Trinajstić information content (AvgIpc) is 2.50. The molecule has 1 aromatic rings. The van der Waals surface area contributed by atoms with E-state index >= 15 is 0 Å². The van der Waals surface area contributed by atoms with Gasteiger partial charge in [0.25, 0.3) is 0 Å². The van der Waals surface area contributed by atoms with Crippen LogP contribution >= 0.6 is 0 Å². The molecule has 4 heteroatoms. The highest BCUT2D eigenvalue weighted by atomic mass is 16.3. The maximum absolute atomic E-state index is 11.8. The van der Waals surface area contributed by atoms with Crippen molar-refractivity contribution in [3.8, 4) is 6.07 Å². The van der Waals surface area contributed by atoms with E-state index in [1.54, 1.807) is 24.3 Å². The molecule has 1 atom stereocenters. The van der Waals surface area contributed by atoms with Gasteiger partial charge in [-0.2, -0.15) is 5.26 Å². The number of benzene rings is 1. The molecule has 0 spiro atoms. The van der Waals surface area contributed by atoms with Gasteiger partial charge in [-0.25, -0.2) is 0 Å². The van der Waals surface area contributed by atoms with Crippen LogP contribution in [0.1, 0.15) is 37.8 Å². The SMILES string of the molecule is CC(C)CC(CCO)CNC(=O)/C=C/c1cccc(C#N)c1. The Kier molecular flexibility index (Phi) is 7.95. The summed E-state index contributed by atoms with van der Waals surface area (Å²) in [5.41, 5.74) is 1.39. The molecule has 0 saturated carbocycles. The van der Waals surface area contributed by atoms with Crippen LogP contribution in [0.2, 0.25) is 0 Å². The largest absolute Gasteiger partial charge is 0.396 e. The highest BCUT2D eigenvalue weighted by Gasteiger charge is 2.11. The summed E-state index contributed by atoms with van der Waals surface area (Å²) in [5.74, 6) is 0.677. The van der Waals surface area contributed by atoms with Gasteiger partial charge >= 0.3 is 0 Å². The fourth-order valence-corrected chi connectivity index (χ4v) is 2.34. The molecule has 118 valence electrons.